The lowest BCUT2D eigenvalue weighted by molar-refractivity contribution is -0.383. The maximum Gasteiger partial charge on any atom is 0.293 e. The Bertz CT molecular complexity index is 961. The molecule has 24 heavy (non-hydrogen) atoms. The lowest BCUT2D eigenvalue weighted by atomic mass is 10.2. The van der Waals surface area contributed by atoms with Crippen molar-refractivity contribution in [1.29, 1.82) is 5.26 Å². The average molecular weight is 323 g/mol. The summed E-state index contributed by atoms with van der Waals surface area (Å²) >= 11 is 0. The lowest BCUT2D eigenvalue weighted by Crippen LogP contribution is -1.98. The van der Waals surface area contributed by atoms with Gasteiger partial charge in [0.1, 0.15) is 17.2 Å². The highest BCUT2D eigenvalue weighted by atomic mass is 19.1. The number of hydrogen-bond acceptors (Lipinski definition) is 5. The standard InChI is InChI=1S/C16H10FN5O2/c17-13-3-1-2-4-15(13)21-10-12(9-19-21)20-14-6-5-11(8-18)7-16(14)22(23)24/h1-7,9-10,20H. The van der Waals surface area contributed by atoms with Crippen LogP contribution in [0.3, 0.4) is 0 Å². The van der Waals surface area contributed by atoms with Gasteiger partial charge in [-0.15, -0.1) is 0 Å². The van der Waals surface area contributed by atoms with Crippen LogP contribution in [-0.2, 0) is 0 Å². The van der Waals surface area contributed by atoms with Crippen LogP contribution in [0.2, 0.25) is 0 Å². The first-order valence-corrected chi connectivity index (χ1v) is 6.83. The molecule has 0 aliphatic heterocycles. The van der Waals surface area contributed by atoms with Crippen LogP contribution < -0.4 is 5.32 Å². The van der Waals surface area contributed by atoms with Crippen molar-refractivity contribution in [2.75, 3.05) is 5.32 Å². The van der Waals surface area contributed by atoms with Crippen LogP contribution >= 0.6 is 0 Å². The molecule has 3 aromatic rings. The van der Waals surface area contributed by atoms with E-state index in [1.807, 2.05) is 6.07 Å². The third-order valence-electron chi connectivity index (χ3n) is 3.28. The molecule has 7 nitrogen and oxygen atoms in total. The second kappa shape index (κ2) is 6.18. The van der Waals surface area contributed by atoms with Crippen LogP contribution in [0.1, 0.15) is 5.56 Å². The number of nitriles is 1. The van der Waals surface area contributed by atoms with Crippen LogP contribution in [-0.4, -0.2) is 14.7 Å². The fourth-order valence-corrected chi connectivity index (χ4v) is 2.17. The molecule has 1 aromatic heterocycles. The number of nitro groups is 1. The van der Waals surface area contributed by atoms with Gasteiger partial charge in [0.15, 0.2) is 0 Å². The highest BCUT2D eigenvalue weighted by Crippen LogP contribution is 2.28. The quantitative estimate of drug-likeness (QED) is 0.585. The minimum Gasteiger partial charge on any atom is -0.347 e. The Morgan fingerprint density at radius 2 is 2.08 bits per heavy atom. The van der Waals surface area contributed by atoms with E-state index in [0.717, 1.165) is 0 Å². The largest absolute Gasteiger partial charge is 0.347 e. The molecular formula is C16H10FN5O2. The third kappa shape index (κ3) is 2.91. The number of nitrogens with one attached hydrogen (secondary N) is 1. The normalized spacial score (nSPS) is 10.2. The topological polar surface area (TPSA) is 96.8 Å². The number of rotatable bonds is 4. The molecule has 0 spiro atoms. The molecule has 0 aliphatic carbocycles. The molecule has 0 radical (unpaired) electrons. The van der Waals surface area contributed by atoms with Crippen molar-refractivity contribution in [3.63, 3.8) is 0 Å². The zero-order valence-electron chi connectivity index (χ0n) is 12.2. The van der Waals surface area contributed by atoms with Crippen LogP contribution in [0.5, 0.6) is 0 Å². The molecule has 118 valence electrons. The lowest BCUT2D eigenvalue weighted by Gasteiger charge is -2.05. The maximum atomic E-state index is 13.8. The van der Waals surface area contributed by atoms with Gasteiger partial charge in [0.25, 0.3) is 5.69 Å². The number of hydrogen-bond donors (Lipinski definition) is 1. The Morgan fingerprint density at radius 1 is 1.29 bits per heavy atom. The number of halogens is 1. The third-order valence-corrected chi connectivity index (χ3v) is 3.28. The number of para-hydroxylation sites is 1. The van der Waals surface area contributed by atoms with Crippen molar-refractivity contribution in [3.8, 4) is 11.8 Å². The Morgan fingerprint density at radius 3 is 2.79 bits per heavy atom. The number of nitro benzene ring substituents is 1. The van der Waals surface area contributed by atoms with Crippen LogP contribution in [0.4, 0.5) is 21.5 Å². The van der Waals surface area contributed by atoms with Gasteiger partial charge in [-0.1, -0.05) is 12.1 Å². The van der Waals surface area contributed by atoms with E-state index in [9.17, 15) is 14.5 Å². The molecule has 0 unspecified atom stereocenters. The van der Waals surface area contributed by atoms with Gasteiger partial charge in [0.05, 0.1) is 34.6 Å². The molecule has 0 fully saturated rings. The first-order valence-electron chi connectivity index (χ1n) is 6.83. The molecular weight excluding hydrogens is 313 g/mol. The molecule has 0 bridgehead atoms. The minimum absolute atomic E-state index is 0.189. The second-order valence-electron chi connectivity index (χ2n) is 4.85. The van der Waals surface area contributed by atoms with Gasteiger partial charge < -0.3 is 5.32 Å². The predicted octanol–water partition coefficient (Wildman–Crippen LogP) is 3.53. The zero-order valence-corrected chi connectivity index (χ0v) is 12.2. The van der Waals surface area contributed by atoms with Crippen molar-refractivity contribution in [3.05, 3.63) is 76.4 Å². The molecule has 2 aromatic carbocycles. The first-order chi connectivity index (χ1) is 11.6. The first kappa shape index (κ1) is 15.2. The Balaban J connectivity index is 1.92. The van der Waals surface area contributed by atoms with Crippen LogP contribution in [0, 0.1) is 27.3 Å². The van der Waals surface area contributed by atoms with Gasteiger partial charge in [-0.3, -0.25) is 10.1 Å². The van der Waals surface area contributed by atoms with Crippen molar-refractivity contribution < 1.29 is 9.31 Å². The summed E-state index contributed by atoms with van der Waals surface area (Å²) in [6.07, 6.45) is 2.94. The molecule has 0 amide bonds. The van der Waals surface area contributed by atoms with Gasteiger partial charge in [0, 0.05) is 6.07 Å². The SMILES string of the molecule is N#Cc1ccc(Nc2cnn(-c3ccccc3F)c2)c([N+](=O)[O-])c1. The van der Waals surface area contributed by atoms with E-state index in [1.165, 1.54) is 41.3 Å². The maximum absolute atomic E-state index is 13.8. The van der Waals surface area contributed by atoms with Crippen LogP contribution in [0.25, 0.3) is 5.69 Å². The smallest absolute Gasteiger partial charge is 0.293 e. The molecule has 8 heteroatoms. The summed E-state index contributed by atoms with van der Waals surface area (Å²) in [5.41, 5.74) is 0.889. The Kier molecular flexibility index (Phi) is 3.91. The Labute approximate surface area is 135 Å². The average Bonchev–Trinajstić information content (AvgIpc) is 3.03. The van der Waals surface area contributed by atoms with E-state index in [4.69, 9.17) is 5.26 Å². The number of anilines is 2. The predicted molar refractivity (Wildman–Crippen MR) is 84.6 cm³/mol. The molecule has 1 heterocycles. The summed E-state index contributed by atoms with van der Waals surface area (Å²) in [6, 6.07) is 12.1. The molecule has 0 aliphatic rings. The van der Waals surface area contributed by atoms with Gasteiger partial charge >= 0.3 is 0 Å². The molecule has 1 N–H and O–H groups in total. The van der Waals surface area contributed by atoms with Crippen LogP contribution in [0.15, 0.2) is 54.9 Å². The monoisotopic (exact) mass is 323 g/mol. The molecule has 3 rings (SSSR count). The van der Waals surface area contributed by atoms with Crippen molar-refractivity contribution in [2.45, 2.75) is 0 Å². The van der Waals surface area contributed by atoms with E-state index < -0.39 is 10.7 Å². The zero-order chi connectivity index (χ0) is 17.1. The highest BCUT2D eigenvalue weighted by Gasteiger charge is 2.16. The fourth-order valence-electron chi connectivity index (χ4n) is 2.17. The summed E-state index contributed by atoms with van der Waals surface area (Å²) in [5.74, 6) is -0.434. The number of aromatic nitrogens is 2. The van der Waals surface area contributed by atoms with E-state index in [-0.39, 0.29) is 22.6 Å². The van der Waals surface area contributed by atoms with Gasteiger partial charge in [-0.25, -0.2) is 9.07 Å². The van der Waals surface area contributed by atoms with E-state index in [0.29, 0.717) is 5.69 Å². The highest BCUT2D eigenvalue weighted by molar-refractivity contribution is 5.70. The summed E-state index contributed by atoms with van der Waals surface area (Å²) in [4.78, 5) is 10.6. The summed E-state index contributed by atoms with van der Waals surface area (Å²) in [6.45, 7) is 0. The van der Waals surface area contributed by atoms with E-state index in [1.54, 1.807) is 18.2 Å². The molecule has 0 saturated heterocycles. The fraction of sp³-hybridized carbons (Fsp3) is 0. The van der Waals surface area contributed by atoms with E-state index in [2.05, 4.69) is 10.4 Å². The summed E-state index contributed by atoms with van der Waals surface area (Å²) < 4.78 is 15.1. The van der Waals surface area contributed by atoms with Gasteiger partial charge in [0.2, 0.25) is 0 Å². The second-order valence-corrected chi connectivity index (χ2v) is 4.85. The number of benzene rings is 2. The van der Waals surface area contributed by atoms with Crippen molar-refractivity contribution >= 4 is 17.1 Å². The van der Waals surface area contributed by atoms with Crippen molar-refractivity contribution in [1.82, 2.24) is 9.78 Å². The minimum atomic E-state index is -0.579. The van der Waals surface area contributed by atoms with Gasteiger partial charge in [-0.05, 0) is 24.3 Å². The van der Waals surface area contributed by atoms with Gasteiger partial charge in [-0.2, -0.15) is 10.4 Å². The van der Waals surface area contributed by atoms with E-state index >= 15 is 0 Å². The van der Waals surface area contributed by atoms with Crippen molar-refractivity contribution in [2.24, 2.45) is 0 Å². The Hall–Kier alpha value is -3.73. The number of nitrogens with zero attached hydrogens (tertiary/aromatic N) is 4. The summed E-state index contributed by atoms with van der Waals surface area (Å²) in [7, 11) is 0. The summed E-state index contributed by atoms with van der Waals surface area (Å²) in [5, 5.41) is 26.9. The molecule has 0 saturated carbocycles. The molecule has 0 atom stereocenters.